The molecule has 23 heavy (non-hydrogen) atoms. The molecule has 0 atom stereocenters. The number of nitrogens with one attached hydrogen (secondary N) is 1. The van der Waals surface area contributed by atoms with Crippen molar-refractivity contribution in [3.63, 3.8) is 0 Å². The zero-order valence-electron chi connectivity index (χ0n) is 12.0. The van der Waals surface area contributed by atoms with Gasteiger partial charge in [-0.15, -0.1) is 0 Å². The van der Waals surface area contributed by atoms with E-state index in [1.807, 2.05) is 30.3 Å². The third-order valence-electron chi connectivity index (χ3n) is 3.59. The zero-order chi connectivity index (χ0) is 15.8. The summed E-state index contributed by atoms with van der Waals surface area (Å²) >= 11 is 0. The number of nitrogens with two attached hydrogens (primary N) is 1. The topological polar surface area (TPSA) is 80.5 Å². The number of hydrogen-bond donors (Lipinski definition) is 2. The van der Waals surface area contributed by atoms with Crippen LogP contribution in [0.25, 0.3) is 33.7 Å². The number of aromatic nitrogens is 4. The van der Waals surface area contributed by atoms with Gasteiger partial charge in [0.05, 0.1) is 11.1 Å². The van der Waals surface area contributed by atoms with Crippen LogP contribution in [0.5, 0.6) is 0 Å². The van der Waals surface area contributed by atoms with E-state index in [-0.39, 0.29) is 5.82 Å². The third kappa shape index (κ3) is 2.30. The fraction of sp³-hybridized carbons (Fsp3) is 0. The summed E-state index contributed by atoms with van der Waals surface area (Å²) in [4.78, 5) is 9.09. The summed E-state index contributed by atoms with van der Waals surface area (Å²) in [5, 5.41) is 7.50. The maximum atomic E-state index is 13.2. The van der Waals surface area contributed by atoms with Crippen LogP contribution in [0.2, 0.25) is 0 Å². The van der Waals surface area contributed by atoms with Crippen LogP contribution in [-0.2, 0) is 0 Å². The van der Waals surface area contributed by atoms with Gasteiger partial charge in [0.15, 0.2) is 11.5 Å². The average Bonchev–Trinajstić information content (AvgIpc) is 2.97. The molecule has 0 saturated carbocycles. The lowest BCUT2D eigenvalue weighted by atomic mass is 10.1. The molecule has 0 aliphatic rings. The Bertz CT molecular complexity index is 977. The van der Waals surface area contributed by atoms with E-state index in [0.717, 1.165) is 11.1 Å². The van der Waals surface area contributed by atoms with Crippen LogP contribution in [0, 0.1) is 5.82 Å². The van der Waals surface area contributed by atoms with Gasteiger partial charge in [0, 0.05) is 11.1 Å². The minimum absolute atomic E-state index is 0.303. The molecule has 3 N–H and O–H groups in total. The highest BCUT2D eigenvalue weighted by Gasteiger charge is 2.16. The molecule has 0 fully saturated rings. The molecular formula is C17H12FN5. The van der Waals surface area contributed by atoms with Gasteiger partial charge in [0.25, 0.3) is 0 Å². The lowest BCUT2D eigenvalue weighted by Gasteiger charge is -2.06. The Labute approximate surface area is 131 Å². The van der Waals surface area contributed by atoms with Gasteiger partial charge in [0.1, 0.15) is 11.6 Å². The van der Waals surface area contributed by atoms with Gasteiger partial charge in [-0.2, -0.15) is 5.10 Å². The number of H-pyrrole nitrogens is 1. The second kappa shape index (κ2) is 5.17. The molecule has 2 aromatic heterocycles. The standard InChI is InChI=1S/C17H12FN5/c18-12-8-6-10(7-9-12)14-13-15(19)22-23-17(13)21-16(20-14)11-4-2-1-3-5-11/h1-9H,(H3,19,20,21,22,23). The number of fused-ring (bicyclic) bond motifs is 1. The smallest absolute Gasteiger partial charge is 0.187 e. The second-order valence-electron chi connectivity index (χ2n) is 5.10. The molecule has 0 unspecified atom stereocenters. The number of hydrogen-bond acceptors (Lipinski definition) is 4. The largest absolute Gasteiger partial charge is 0.383 e. The molecule has 112 valence electrons. The summed E-state index contributed by atoms with van der Waals surface area (Å²) in [5.74, 6) is 0.630. The van der Waals surface area contributed by atoms with Gasteiger partial charge in [-0.05, 0) is 24.3 Å². The quantitative estimate of drug-likeness (QED) is 0.594. The van der Waals surface area contributed by atoms with E-state index < -0.39 is 0 Å². The Morgan fingerprint density at radius 3 is 2.35 bits per heavy atom. The van der Waals surface area contributed by atoms with Crippen LogP contribution in [0.1, 0.15) is 0 Å². The van der Waals surface area contributed by atoms with Crippen LogP contribution >= 0.6 is 0 Å². The van der Waals surface area contributed by atoms with Gasteiger partial charge >= 0.3 is 0 Å². The molecule has 2 aromatic carbocycles. The van der Waals surface area contributed by atoms with Gasteiger partial charge in [0.2, 0.25) is 0 Å². The molecular weight excluding hydrogens is 293 g/mol. The van der Waals surface area contributed by atoms with Crippen molar-refractivity contribution in [1.29, 1.82) is 0 Å². The molecule has 4 aromatic rings. The Hall–Kier alpha value is -3.28. The maximum Gasteiger partial charge on any atom is 0.187 e. The molecule has 0 amide bonds. The molecule has 4 rings (SSSR count). The minimum atomic E-state index is -0.303. The SMILES string of the molecule is Nc1[nH]nc2nc(-c3ccccc3)nc(-c3ccc(F)cc3)c12. The van der Waals surface area contributed by atoms with Gasteiger partial charge < -0.3 is 5.73 Å². The second-order valence-corrected chi connectivity index (χ2v) is 5.10. The molecule has 2 heterocycles. The number of anilines is 1. The van der Waals surface area contributed by atoms with Crippen LogP contribution in [0.3, 0.4) is 0 Å². The summed E-state index contributed by atoms with van der Waals surface area (Å²) in [6.07, 6.45) is 0. The first kappa shape index (κ1) is 13.4. The van der Waals surface area contributed by atoms with E-state index in [1.54, 1.807) is 12.1 Å². The Morgan fingerprint density at radius 1 is 0.870 bits per heavy atom. The molecule has 0 spiro atoms. The van der Waals surface area contributed by atoms with E-state index in [2.05, 4.69) is 20.2 Å². The molecule has 6 heteroatoms. The van der Waals surface area contributed by atoms with Gasteiger partial charge in [-0.1, -0.05) is 30.3 Å². The molecule has 0 radical (unpaired) electrons. The highest BCUT2D eigenvalue weighted by molar-refractivity contribution is 5.98. The monoisotopic (exact) mass is 305 g/mol. The fourth-order valence-electron chi connectivity index (χ4n) is 2.48. The number of nitrogen functional groups attached to an aromatic ring is 1. The Kier molecular flexibility index (Phi) is 3.01. The van der Waals surface area contributed by atoms with Crippen molar-refractivity contribution in [2.24, 2.45) is 0 Å². The van der Waals surface area contributed by atoms with Crippen LogP contribution in [-0.4, -0.2) is 20.2 Å². The number of halogens is 1. The Balaban J connectivity index is 2.01. The van der Waals surface area contributed by atoms with Crippen molar-refractivity contribution in [2.45, 2.75) is 0 Å². The first-order valence-electron chi connectivity index (χ1n) is 7.05. The van der Waals surface area contributed by atoms with Gasteiger partial charge in [-0.25, -0.2) is 14.4 Å². The summed E-state index contributed by atoms with van der Waals surface area (Å²) in [6.45, 7) is 0. The van der Waals surface area contributed by atoms with E-state index in [9.17, 15) is 4.39 Å². The minimum Gasteiger partial charge on any atom is -0.383 e. The number of rotatable bonds is 2. The van der Waals surface area contributed by atoms with Gasteiger partial charge in [-0.3, -0.25) is 5.10 Å². The summed E-state index contributed by atoms with van der Waals surface area (Å²) in [6, 6.07) is 15.7. The third-order valence-corrected chi connectivity index (χ3v) is 3.59. The normalized spacial score (nSPS) is 11.0. The fourth-order valence-corrected chi connectivity index (χ4v) is 2.48. The maximum absolute atomic E-state index is 13.2. The highest BCUT2D eigenvalue weighted by atomic mass is 19.1. The Morgan fingerprint density at radius 2 is 1.61 bits per heavy atom. The predicted octanol–water partition coefficient (Wildman–Crippen LogP) is 3.41. The van der Waals surface area contributed by atoms with Crippen molar-refractivity contribution >= 4 is 16.9 Å². The molecule has 0 saturated heterocycles. The van der Waals surface area contributed by atoms with E-state index in [4.69, 9.17) is 5.73 Å². The molecule has 5 nitrogen and oxygen atoms in total. The first-order valence-corrected chi connectivity index (χ1v) is 7.05. The first-order chi connectivity index (χ1) is 11.2. The zero-order valence-corrected chi connectivity index (χ0v) is 12.0. The molecule has 0 bridgehead atoms. The van der Waals surface area contributed by atoms with Crippen molar-refractivity contribution in [1.82, 2.24) is 20.2 Å². The van der Waals surface area contributed by atoms with Crippen LogP contribution in [0.4, 0.5) is 10.2 Å². The van der Waals surface area contributed by atoms with E-state index >= 15 is 0 Å². The summed E-state index contributed by atoms with van der Waals surface area (Å²) in [5.41, 5.74) is 8.70. The van der Waals surface area contributed by atoms with Crippen LogP contribution < -0.4 is 5.73 Å². The van der Waals surface area contributed by atoms with E-state index in [1.165, 1.54) is 12.1 Å². The van der Waals surface area contributed by atoms with Crippen molar-refractivity contribution in [3.05, 3.63) is 60.4 Å². The van der Waals surface area contributed by atoms with Crippen LogP contribution in [0.15, 0.2) is 54.6 Å². The number of nitrogens with zero attached hydrogens (tertiary/aromatic N) is 3. The number of benzene rings is 2. The lowest BCUT2D eigenvalue weighted by molar-refractivity contribution is 0.628. The molecule has 0 aliphatic heterocycles. The number of aromatic amines is 1. The highest BCUT2D eigenvalue weighted by Crippen LogP contribution is 2.31. The van der Waals surface area contributed by atoms with Crippen molar-refractivity contribution in [2.75, 3.05) is 5.73 Å². The predicted molar refractivity (Wildman–Crippen MR) is 86.9 cm³/mol. The van der Waals surface area contributed by atoms with E-state index in [0.29, 0.717) is 28.4 Å². The molecule has 0 aliphatic carbocycles. The van der Waals surface area contributed by atoms with Crippen molar-refractivity contribution < 1.29 is 4.39 Å². The lowest BCUT2D eigenvalue weighted by Crippen LogP contribution is -1.95. The summed E-state index contributed by atoms with van der Waals surface area (Å²) in [7, 11) is 0. The average molecular weight is 305 g/mol. The van der Waals surface area contributed by atoms with Crippen molar-refractivity contribution in [3.8, 4) is 22.6 Å². The summed E-state index contributed by atoms with van der Waals surface area (Å²) < 4.78 is 13.2.